The number of carbonyl (C=O) groups excluding carboxylic acids is 1. The van der Waals surface area contributed by atoms with Crippen LogP contribution in [-0.4, -0.2) is 52.4 Å². The van der Waals surface area contributed by atoms with Crippen molar-refractivity contribution in [2.24, 2.45) is 0 Å². The van der Waals surface area contributed by atoms with Gasteiger partial charge in [-0.15, -0.1) is 16.8 Å². The zero-order chi connectivity index (χ0) is 17.9. The van der Waals surface area contributed by atoms with E-state index in [2.05, 4.69) is 22.1 Å². The number of rotatable bonds is 7. The molecular weight excluding hydrogens is 360 g/mol. The molecule has 0 spiro atoms. The molecule has 0 radical (unpaired) electrons. The van der Waals surface area contributed by atoms with Crippen molar-refractivity contribution in [1.29, 1.82) is 0 Å². The highest BCUT2D eigenvalue weighted by molar-refractivity contribution is 7.99. The number of aromatic nitrogens is 3. The first-order valence-corrected chi connectivity index (χ1v) is 11.5. The molecular formula is C16H24N4O3S2. The van der Waals surface area contributed by atoms with E-state index in [4.69, 9.17) is 0 Å². The van der Waals surface area contributed by atoms with E-state index in [0.717, 1.165) is 12.8 Å². The highest BCUT2D eigenvalue weighted by Gasteiger charge is 2.33. The highest BCUT2D eigenvalue weighted by Crippen LogP contribution is 2.30. The van der Waals surface area contributed by atoms with Gasteiger partial charge in [0.05, 0.1) is 17.3 Å². The van der Waals surface area contributed by atoms with Crippen LogP contribution < -0.4 is 5.32 Å². The zero-order valence-electron chi connectivity index (χ0n) is 14.2. The van der Waals surface area contributed by atoms with Gasteiger partial charge in [0.15, 0.2) is 15.0 Å². The monoisotopic (exact) mass is 384 g/mol. The second-order valence-corrected chi connectivity index (χ2v) is 9.85. The van der Waals surface area contributed by atoms with Crippen LogP contribution in [0, 0.1) is 0 Å². The number of amides is 1. The van der Waals surface area contributed by atoms with Gasteiger partial charge in [-0.25, -0.2) is 8.42 Å². The Morgan fingerprint density at radius 1 is 1.32 bits per heavy atom. The molecule has 1 amide bonds. The molecule has 0 aromatic carbocycles. The topological polar surface area (TPSA) is 93.9 Å². The van der Waals surface area contributed by atoms with Crippen LogP contribution >= 0.6 is 11.8 Å². The molecule has 7 nitrogen and oxygen atoms in total. The van der Waals surface area contributed by atoms with Crippen molar-refractivity contribution in [3.05, 3.63) is 18.5 Å². The van der Waals surface area contributed by atoms with E-state index in [1.807, 2.05) is 4.57 Å². The molecule has 9 heteroatoms. The summed E-state index contributed by atoms with van der Waals surface area (Å²) in [5.74, 6) is 1.17. The smallest absolute Gasteiger partial charge is 0.230 e. The van der Waals surface area contributed by atoms with Gasteiger partial charge in [-0.1, -0.05) is 30.7 Å². The van der Waals surface area contributed by atoms with Gasteiger partial charge in [0.1, 0.15) is 5.82 Å². The fraction of sp³-hybridized carbons (Fsp3) is 0.688. The van der Waals surface area contributed by atoms with Crippen LogP contribution in [0.1, 0.15) is 43.8 Å². The fourth-order valence-corrected chi connectivity index (χ4v) is 5.98. The lowest BCUT2D eigenvalue weighted by atomic mass is 10.1. The van der Waals surface area contributed by atoms with Gasteiger partial charge in [-0.05, 0) is 19.3 Å². The van der Waals surface area contributed by atoms with Gasteiger partial charge in [0.2, 0.25) is 5.91 Å². The van der Waals surface area contributed by atoms with Crippen molar-refractivity contribution < 1.29 is 13.2 Å². The quantitative estimate of drug-likeness (QED) is 0.566. The molecule has 1 N–H and O–H groups in total. The van der Waals surface area contributed by atoms with Gasteiger partial charge in [-0.3, -0.25) is 4.79 Å². The van der Waals surface area contributed by atoms with Gasteiger partial charge in [0, 0.05) is 18.5 Å². The normalized spacial score (nSPS) is 23.0. The summed E-state index contributed by atoms with van der Waals surface area (Å²) in [7, 11) is -2.98. The lowest BCUT2D eigenvalue weighted by Crippen LogP contribution is -2.33. The Morgan fingerprint density at radius 3 is 2.72 bits per heavy atom. The molecule has 1 saturated carbocycles. The molecule has 2 heterocycles. The van der Waals surface area contributed by atoms with Crippen LogP contribution in [0.2, 0.25) is 0 Å². The Balaban J connectivity index is 1.64. The van der Waals surface area contributed by atoms with E-state index in [-0.39, 0.29) is 29.1 Å². The van der Waals surface area contributed by atoms with Crippen LogP contribution in [0.4, 0.5) is 0 Å². The minimum atomic E-state index is -2.98. The van der Waals surface area contributed by atoms with Gasteiger partial charge >= 0.3 is 0 Å². The third kappa shape index (κ3) is 4.63. The van der Waals surface area contributed by atoms with E-state index in [9.17, 15) is 13.2 Å². The molecule has 0 unspecified atom stereocenters. The summed E-state index contributed by atoms with van der Waals surface area (Å²) in [5.41, 5.74) is 0. The maximum absolute atomic E-state index is 12.1. The van der Waals surface area contributed by atoms with Gasteiger partial charge in [0.25, 0.3) is 0 Å². The molecule has 1 atom stereocenters. The molecule has 2 fully saturated rings. The number of carbonyl (C=O) groups is 1. The van der Waals surface area contributed by atoms with Crippen molar-refractivity contribution in [3.63, 3.8) is 0 Å². The van der Waals surface area contributed by atoms with Crippen LogP contribution in [0.15, 0.2) is 17.8 Å². The molecule has 0 bridgehead atoms. The van der Waals surface area contributed by atoms with Crippen molar-refractivity contribution >= 4 is 27.5 Å². The molecule has 2 aliphatic rings. The standard InChI is InChI=1S/C16H24N4O3S2/c1-2-8-20-15(12-7-9-25(22,23)11-12)18-19-16(20)24-10-14(21)17-13-5-3-4-6-13/h2,12-13H,1,3-11H2,(H,17,21)/t12-/m0/s1. The third-order valence-electron chi connectivity index (χ3n) is 4.71. The fourth-order valence-electron chi connectivity index (χ4n) is 3.48. The number of allylic oxidation sites excluding steroid dienone is 1. The second kappa shape index (κ2) is 7.90. The molecule has 1 aromatic heterocycles. The summed E-state index contributed by atoms with van der Waals surface area (Å²) in [6.45, 7) is 4.26. The molecule has 1 aliphatic heterocycles. The highest BCUT2D eigenvalue weighted by atomic mass is 32.2. The predicted molar refractivity (Wildman–Crippen MR) is 97.4 cm³/mol. The Labute approximate surface area is 152 Å². The molecule has 25 heavy (non-hydrogen) atoms. The van der Waals surface area contributed by atoms with Crippen LogP contribution in [0.5, 0.6) is 0 Å². The number of nitrogens with one attached hydrogen (secondary N) is 1. The molecule has 3 rings (SSSR count). The first-order chi connectivity index (χ1) is 12.0. The van der Waals surface area contributed by atoms with Crippen molar-refractivity contribution in [3.8, 4) is 0 Å². The Hall–Kier alpha value is -1.35. The van der Waals surface area contributed by atoms with E-state index >= 15 is 0 Å². The predicted octanol–water partition coefficient (Wildman–Crippen LogP) is 1.52. The Bertz CT molecular complexity index is 739. The number of thioether (sulfide) groups is 1. The third-order valence-corrected chi connectivity index (χ3v) is 7.44. The lowest BCUT2D eigenvalue weighted by molar-refractivity contribution is -0.119. The average Bonchev–Trinajstić information content (AvgIpc) is 3.27. The zero-order valence-corrected chi connectivity index (χ0v) is 15.8. The first-order valence-electron chi connectivity index (χ1n) is 8.65. The maximum atomic E-state index is 12.1. The summed E-state index contributed by atoms with van der Waals surface area (Å²) in [4.78, 5) is 12.1. The maximum Gasteiger partial charge on any atom is 0.230 e. The summed E-state index contributed by atoms with van der Waals surface area (Å²) >= 11 is 1.34. The van der Waals surface area contributed by atoms with E-state index in [0.29, 0.717) is 30.0 Å². The first kappa shape index (κ1) is 18.4. The second-order valence-electron chi connectivity index (χ2n) is 6.68. The van der Waals surface area contributed by atoms with Crippen molar-refractivity contribution in [2.45, 2.75) is 55.8 Å². The van der Waals surface area contributed by atoms with Gasteiger partial charge < -0.3 is 9.88 Å². The Kier molecular flexibility index (Phi) is 5.83. The molecule has 1 aromatic rings. The summed E-state index contributed by atoms with van der Waals surface area (Å²) in [6.07, 6.45) is 6.79. The van der Waals surface area contributed by atoms with Crippen LogP contribution in [-0.2, 0) is 21.2 Å². The summed E-state index contributed by atoms with van der Waals surface area (Å²) < 4.78 is 25.3. The van der Waals surface area contributed by atoms with Crippen molar-refractivity contribution in [1.82, 2.24) is 20.1 Å². The minimum Gasteiger partial charge on any atom is -0.353 e. The molecule has 1 aliphatic carbocycles. The summed E-state index contributed by atoms with van der Waals surface area (Å²) in [5, 5.41) is 12.1. The Morgan fingerprint density at radius 2 is 2.08 bits per heavy atom. The number of hydrogen-bond acceptors (Lipinski definition) is 6. The summed E-state index contributed by atoms with van der Waals surface area (Å²) in [6, 6.07) is 0.304. The average molecular weight is 385 g/mol. The molecule has 138 valence electrons. The largest absolute Gasteiger partial charge is 0.353 e. The van der Waals surface area contributed by atoms with Crippen LogP contribution in [0.3, 0.4) is 0 Å². The SMILES string of the molecule is C=CCn1c(SCC(=O)NC2CCCC2)nnc1[C@H]1CCS(=O)(=O)C1. The number of nitrogens with zero attached hydrogens (tertiary/aromatic N) is 3. The minimum absolute atomic E-state index is 0.00930. The lowest BCUT2D eigenvalue weighted by Gasteiger charge is -2.13. The number of sulfone groups is 1. The van der Waals surface area contributed by atoms with E-state index in [1.54, 1.807) is 6.08 Å². The molecule has 1 saturated heterocycles. The number of hydrogen-bond donors (Lipinski definition) is 1. The van der Waals surface area contributed by atoms with Crippen molar-refractivity contribution in [2.75, 3.05) is 17.3 Å². The van der Waals surface area contributed by atoms with E-state index < -0.39 is 9.84 Å². The van der Waals surface area contributed by atoms with E-state index in [1.165, 1.54) is 24.6 Å². The van der Waals surface area contributed by atoms with Crippen LogP contribution in [0.25, 0.3) is 0 Å². The van der Waals surface area contributed by atoms with Gasteiger partial charge in [-0.2, -0.15) is 0 Å².